The molecule has 1 amide bonds. The Morgan fingerprint density at radius 2 is 2.33 bits per heavy atom. The van der Waals surface area contributed by atoms with E-state index in [4.69, 9.17) is 5.11 Å². The summed E-state index contributed by atoms with van der Waals surface area (Å²) in [5, 5.41) is 8.94. The maximum absolute atomic E-state index is 12.4. The van der Waals surface area contributed by atoms with E-state index < -0.39 is 0 Å². The van der Waals surface area contributed by atoms with Gasteiger partial charge in [0.2, 0.25) is 0 Å². The highest BCUT2D eigenvalue weighted by Gasteiger charge is 2.27. The molecule has 1 unspecified atom stereocenters. The predicted octanol–water partition coefficient (Wildman–Crippen LogP) is 2.13. The number of aryl methyl sites for hydroxylation is 1. The Kier molecular flexibility index (Phi) is 4.30. The number of benzene rings is 1. The molecule has 0 aromatic heterocycles. The molecule has 1 heterocycles. The van der Waals surface area contributed by atoms with Gasteiger partial charge in [-0.1, -0.05) is 6.07 Å². The lowest BCUT2D eigenvalue weighted by Gasteiger charge is -2.18. The minimum Gasteiger partial charge on any atom is -0.396 e. The van der Waals surface area contributed by atoms with Crippen LogP contribution in [0.1, 0.15) is 28.8 Å². The van der Waals surface area contributed by atoms with E-state index in [1.54, 1.807) is 0 Å². The number of carbonyl (C=O) groups is 1. The molecule has 1 fully saturated rings. The SMILES string of the molecule is Cc1ccc(S)cc1C(=O)N1CCC(CCO)C1. The molecule has 2 rings (SSSR count). The first kappa shape index (κ1) is 13.4. The molecular formula is C14H19NO2S. The molecule has 0 spiro atoms. The fraction of sp³-hybridized carbons (Fsp3) is 0.500. The Balaban J connectivity index is 2.10. The fourth-order valence-corrected chi connectivity index (χ4v) is 2.65. The minimum absolute atomic E-state index is 0.0869. The summed E-state index contributed by atoms with van der Waals surface area (Å²) < 4.78 is 0. The Morgan fingerprint density at radius 1 is 1.56 bits per heavy atom. The van der Waals surface area contributed by atoms with Gasteiger partial charge in [0.05, 0.1) is 0 Å². The first-order chi connectivity index (χ1) is 8.61. The van der Waals surface area contributed by atoms with Crippen LogP contribution in [0.2, 0.25) is 0 Å². The van der Waals surface area contributed by atoms with E-state index in [0.717, 1.165) is 42.0 Å². The van der Waals surface area contributed by atoms with Gasteiger partial charge in [-0.2, -0.15) is 0 Å². The number of hydrogen-bond donors (Lipinski definition) is 2. The number of aliphatic hydroxyl groups excluding tert-OH is 1. The molecule has 3 nitrogen and oxygen atoms in total. The molecule has 0 aliphatic carbocycles. The minimum atomic E-state index is 0.0869. The lowest BCUT2D eigenvalue weighted by Crippen LogP contribution is -2.29. The second kappa shape index (κ2) is 5.76. The third kappa shape index (κ3) is 2.87. The molecule has 1 aliphatic heterocycles. The molecule has 98 valence electrons. The zero-order chi connectivity index (χ0) is 13.1. The molecule has 1 aliphatic rings. The lowest BCUT2D eigenvalue weighted by molar-refractivity contribution is 0.0784. The standard InChI is InChI=1S/C14H19NO2S/c1-10-2-3-12(18)8-13(10)14(17)15-6-4-11(9-15)5-7-16/h2-3,8,11,16,18H,4-7,9H2,1H3. The van der Waals surface area contributed by atoms with Gasteiger partial charge < -0.3 is 10.0 Å². The van der Waals surface area contributed by atoms with Gasteiger partial charge in [-0.3, -0.25) is 4.79 Å². The van der Waals surface area contributed by atoms with Crippen molar-refractivity contribution in [1.82, 2.24) is 4.90 Å². The van der Waals surface area contributed by atoms with Gasteiger partial charge in [0.25, 0.3) is 5.91 Å². The van der Waals surface area contributed by atoms with E-state index in [-0.39, 0.29) is 12.5 Å². The summed E-state index contributed by atoms with van der Waals surface area (Å²) in [4.78, 5) is 15.1. The van der Waals surface area contributed by atoms with E-state index in [0.29, 0.717) is 5.92 Å². The topological polar surface area (TPSA) is 40.5 Å². The first-order valence-electron chi connectivity index (χ1n) is 6.31. The fourth-order valence-electron chi connectivity index (χ4n) is 2.45. The van der Waals surface area contributed by atoms with Crippen molar-refractivity contribution < 1.29 is 9.90 Å². The molecule has 0 bridgehead atoms. The van der Waals surface area contributed by atoms with Crippen LogP contribution in [-0.2, 0) is 0 Å². The van der Waals surface area contributed by atoms with E-state index in [2.05, 4.69) is 12.6 Å². The van der Waals surface area contributed by atoms with Gasteiger partial charge in [0, 0.05) is 30.2 Å². The Hall–Kier alpha value is -1.00. The average Bonchev–Trinajstić information content (AvgIpc) is 2.80. The highest BCUT2D eigenvalue weighted by molar-refractivity contribution is 7.80. The summed E-state index contributed by atoms with van der Waals surface area (Å²) in [5.41, 5.74) is 1.73. The summed E-state index contributed by atoms with van der Waals surface area (Å²) in [5.74, 6) is 0.530. The second-order valence-electron chi connectivity index (χ2n) is 4.92. The molecule has 0 radical (unpaired) electrons. The van der Waals surface area contributed by atoms with Crippen molar-refractivity contribution in [3.05, 3.63) is 29.3 Å². The van der Waals surface area contributed by atoms with E-state index >= 15 is 0 Å². The van der Waals surface area contributed by atoms with Gasteiger partial charge in [-0.15, -0.1) is 12.6 Å². The van der Waals surface area contributed by atoms with E-state index in [1.165, 1.54) is 0 Å². The van der Waals surface area contributed by atoms with E-state index in [1.807, 2.05) is 30.0 Å². The van der Waals surface area contributed by atoms with Crippen molar-refractivity contribution in [2.24, 2.45) is 5.92 Å². The van der Waals surface area contributed by atoms with Gasteiger partial charge in [0.1, 0.15) is 0 Å². The third-order valence-electron chi connectivity index (χ3n) is 3.56. The quantitative estimate of drug-likeness (QED) is 0.822. The lowest BCUT2D eigenvalue weighted by atomic mass is 10.1. The third-order valence-corrected chi connectivity index (χ3v) is 3.84. The monoisotopic (exact) mass is 265 g/mol. The van der Waals surface area contributed by atoms with Crippen LogP contribution in [0.15, 0.2) is 23.1 Å². The zero-order valence-electron chi connectivity index (χ0n) is 10.6. The maximum Gasteiger partial charge on any atom is 0.254 e. The first-order valence-corrected chi connectivity index (χ1v) is 6.76. The number of aliphatic hydroxyl groups is 1. The van der Waals surface area contributed by atoms with Crippen LogP contribution >= 0.6 is 12.6 Å². The number of rotatable bonds is 3. The van der Waals surface area contributed by atoms with Crippen molar-refractivity contribution in [2.75, 3.05) is 19.7 Å². The van der Waals surface area contributed by atoms with Crippen LogP contribution in [0, 0.1) is 12.8 Å². The Bertz CT molecular complexity index is 447. The van der Waals surface area contributed by atoms with Crippen molar-refractivity contribution in [3.63, 3.8) is 0 Å². The number of thiol groups is 1. The molecule has 0 saturated carbocycles. The molecule has 1 aromatic rings. The van der Waals surface area contributed by atoms with Gasteiger partial charge in [-0.05, 0) is 43.4 Å². The number of amides is 1. The molecule has 18 heavy (non-hydrogen) atoms. The van der Waals surface area contributed by atoms with Crippen LogP contribution in [0.3, 0.4) is 0 Å². The number of carbonyl (C=O) groups excluding carboxylic acids is 1. The van der Waals surface area contributed by atoms with Crippen LogP contribution in [0.5, 0.6) is 0 Å². The van der Waals surface area contributed by atoms with E-state index in [9.17, 15) is 4.79 Å². The number of likely N-dealkylation sites (tertiary alicyclic amines) is 1. The van der Waals surface area contributed by atoms with Crippen LogP contribution in [-0.4, -0.2) is 35.6 Å². The van der Waals surface area contributed by atoms with Gasteiger partial charge in [0.15, 0.2) is 0 Å². The van der Waals surface area contributed by atoms with Crippen molar-refractivity contribution in [1.29, 1.82) is 0 Å². The summed E-state index contributed by atoms with van der Waals surface area (Å²) in [6.45, 7) is 3.70. The average molecular weight is 265 g/mol. The van der Waals surface area contributed by atoms with Crippen molar-refractivity contribution in [3.8, 4) is 0 Å². The van der Waals surface area contributed by atoms with Crippen LogP contribution in [0.4, 0.5) is 0 Å². The number of hydrogen-bond acceptors (Lipinski definition) is 3. The Labute approximate surface area is 113 Å². The summed E-state index contributed by atoms with van der Waals surface area (Å²) >= 11 is 4.29. The largest absolute Gasteiger partial charge is 0.396 e. The van der Waals surface area contributed by atoms with Crippen molar-refractivity contribution >= 4 is 18.5 Å². The van der Waals surface area contributed by atoms with Crippen LogP contribution < -0.4 is 0 Å². The van der Waals surface area contributed by atoms with Gasteiger partial charge >= 0.3 is 0 Å². The molecule has 1 atom stereocenters. The summed E-state index contributed by atoms with van der Waals surface area (Å²) in [6, 6.07) is 5.66. The zero-order valence-corrected chi connectivity index (χ0v) is 11.5. The predicted molar refractivity (Wildman–Crippen MR) is 74.1 cm³/mol. The molecule has 1 aromatic carbocycles. The summed E-state index contributed by atoms with van der Waals surface area (Å²) in [7, 11) is 0. The van der Waals surface area contributed by atoms with Crippen molar-refractivity contribution in [2.45, 2.75) is 24.7 Å². The molecular weight excluding hydrogens is 246 g/mol. The maximum atomic E-state index is 12.4. The molecule has 4 heteroatoms. The normalized spacial score (nSPS) is 19.3. The smallest absolute Gasteiger partial charge is 0.254 e. The Morgan fingerprint density at radius 3 is 3.06 bits per heavy atom. The van der Waals surface area contributed by atoms with Crippen LogP contribution in [0.25, 0.3) is 0 Å². The second-order valence-corrected chi connectivity index (χ2v) is 5.43. The molecule has 1 saturated heterocycles. The summed E-state index contributed by atoms with van der Waals surface area (Å²) in [6.07, 6.45) is 1.78. The number of nitrogens with zero attached hydrogens (tertiary/aromatic N) is 1. The highest BCUT2D eigenvalue weighted by atomic mass is 32.1. The van der Waals surface area contributed by atoms with Gasteiger partial charge in [-0.25, -0.2) is 0 Å². The molecule has 1 N–H and O–H groups in total. The highest BCUT2D eigenvalue weighted by Crippen LogP contribution is 2.23.